The van der Waals surface area contributed by atoms with Gasteiger partial charge in [-0.15, -0.1) is 11.3 Å². The first-order chi connectivity index (χ1) is 6.08. The quantitative estimate of drug-likeness (QED) is 0.810. The molecule has 0 aliphatic rings. The molecule has 0 amide bonds. The van der Waals surface area contributed by atoms with Crippen LogP contribution >= 0.6 is 35.2 Å². The summed E-state index contributed by atoms with van der Waals surface area (Å²) < 4.78 is 0.818. The Morgan fingerprint density at radius 3 is 2.85 bits per heavy atom. The Hall–Kier alpha value is -0.160. The monoisotopic (exact) mass is 234 g/mol. The highest BCUT2D eigenvalue weighted by atomic mass is 35.5. The lowest BCUT2D eigenvalue weighted by Crippen LogP contribution is -2.28. The molecule has 0 unspecified atom stereocenters. The molecule has 0 spiro atoms. The van der Waals surface area contributed by atoms with Crippen molar-refractivity contribution < 1.29 is 0 Å². The summed E-state index contributed by atoms with van der Waals surface area (Å²) in [7, 11) is 1.98. The summed E-state index contributed by atoms with van der Waals surface area (Å²) in [5, 5.41) is 0. The van der Waals surface area contributed by atoms with E-state index in [1.165, 1.54) is 4.88 Å². The SMILES string of the molecule is CN(CC(N)=S)Cc1ccc(Cl)s1. The van der Waals surface area contributed by atoms with Gasteiger partial charge in [-0.25, -0.2) is 0 Å². The standard InChI is InChI=1S/C8H11ClN2S2/c1-11(5-8(10)12)4-6-2-3-7(9)13-6/h2-3H,4-5H2,1H3,(H2,10,12). The molecular weight excluding hydrogens is 224 g/mol. The van der Waals surface area contributed by atoms with Crippen LogP contribution in [0.15, 0.2) is 12.1 Å². The van der Waals surface area contributed by atoms with Crippen LogP contribution in [0.25, 0.3) is 0 Å². The van der Waals surface area contributed by atoms with Crippen LogP contribution in [-0.4, -0.2) is 23.5 Å². The Labute approximate surface area is 92.3 Å². The molecule has 13 heavy (non-hydrogen) atoms. The highest BCUT2D eigenvalue weighted by Crippen LogP contribution is 2.22. The number of halogens is 1. The summed E-state index contributed by atoms with van der Waals surface area (Å²) in [5.74, 6) is 0. The second-order valence-electron chi connectivity index (χ2n) is 2.84. The van der Waals surface area contributed by atoms with E-state index in [0.717, 1.165) is 10.9 Å². The fraction of sp³-hybridized carbons (Fsp3) is 0.375. The van der Waals surface area contributed by atoms with Crippen molar-refractivity contribution in [2.75, 3.05) is 13.6 Å². The number of nitrogens with zero attached hydrogens (tertiary/aromatic N) is 1. The first-order valence-electron chi connectivity index (χ1n) is 3.79. The average Bonchev–Trinajstić information content (AvgIpc) is 2.33. The second kappa shape index (κ2) is 4.91. The van der Waals surface area contributed by atoms with Crippen LogP contribution < -0.4 is 5.73 Å². The number of likely N-dealkylation sites (N-methyl/N-ethyl adjacent to an activating group) is 1. The molecule has 0 fully saturated rings. The van der Waals surface area contributed by atoms with E-state index in [9.17, 15) is 0 Å². The van der Waals surface area contributed by atoms with Gasteiger partial charge >= 0.3 is 0 Å². The van der Waals surface area contributed by atoms with Crippen molar-refractivity contribution in [3.63, 3.8) is 0 Å². The summed E-state index contributed by atoms with van der Waals surface area (Å²) in [6.45, 7) is 1.49. The molecule has 72 valence electrons. The summed E-state index contributed by atoms with van der Waals surface area (Å²) in [6, 6.07) is 3.92. The molecule has 0 saturated heterocycles. The average molecular weight is 235 g/mol. The third-order valence-electron chi connectivity index (χ3n) is 1.48. The first-order valence-corrected chi connectivity index (χ1v) is 5.39. The molecule has 0 aliphatic carbocycles. The maximum Gasteiger partial charge on any atom is 0.0931 e. The van der Waals surface area contributed by atoms with Crippen LogP contribution in [0.1, 0.15) is 4.88 Å². The van der Waals surface area contributed by atoms with Crippen molar-refractivity contribution in [2.45, 2.75) is 6.54 Å². The van der Waals surface area contributed by atoms with E-state index in [2.05, 4.69) is 4.90 Å². The number of rotatable bonds is 4. The van der Waals surface area contributed by atoms with E-state index in [4.69, 9.17) is 29.6 Å². The predicted molar refractivity (Wildman–Crippen MR) is 62.4 cm³/mol. The zero-order valence-corrected chi connectivity index (χ0v) is 9.68. The van der Waals surface area contributed by atoms with Gasteiger partial charge in [0.15, 0.2) is 0 Å². The Kier molecular flexibility index (Phi) is 4.12. The third kappa shape index (κ3) is 4.04. The molecule has 0 aromatic carbocycles. The van der Waals surface area contributed by atoms with Crippen LogP contribution in [0, 0.1) is 0 Å². The smallest absolute Gasteiger partial charge is 0.0931 e. The van der Waals surface area contributed by atoms with Crippen LogP contribution in [0.2, 0.25) is 4.34 Å². The van der Waals surface area contributed by atoms with Gasteiger partial charge in [0.25, 0.3) is 0 Å². The number of thiocarbonyl (C=S) groups is 1. The summed E-state index contributed by atoms with van der Waals surface area (Å²) in [4.78, 5) is 3.80. The molecule has 0 saturated carbocycles. The van der Waals surface area contributed by atoms with E-state index in [-0.39, 0.29) is 0 Å². The van der Waals surface area contributed by atoms with E-state index in [1.807, 2.05) is 19.2 Å². The van der Waals surface area contributed by atoms with Gasteiger partial charge in [-0.1, -0.05) is 23.8 Å². The first kappa shape index (κ1) is 10.9. The number of nitrogens with two attached hydrogens (primary N) is 1. The van der Waals surface area contributed by atoms with Crippen molar-refractivity contribution in [1.82, 2.24) is 4.90 Å². The third-order valence-corrected chi connectivity index (χ3v) is 2.83. The second-order valence-corrected chi connectivity index (χ2v) is 5.17. The van der Waals surface area contributed by atoms with Gasteiger partial charge < -0.3 is 5.73 Å². The molecule has 0 atom stereocenters. The van der Waals surface area contributed by atoms with Crippen molar-refractivity contribution in [1.29, 1.82) is 0 Å². The van der Waals surface area contributed by atoms with E-state index in [1.54, 1.807) is 11.3 Å². The largest absolute Gasteiger partial charge is 0.392 e. The summed E-state index contributed by atoms with van der Waals surface area (Å²) in [6.07, 6.45) is 0. The minimum Gasteiger partial charge on any atom is -0.392 e. The minimum atomic E-state index is 0.519. The van der Waals surface area contributed by atoms with Crippen molar-refractivity contribution in [3.05, 3.63) is 21.3 Å². The lowest BCUT2D eigenvalue weighted by atomic mass is 10.4. The summed E-state index contributed by atoms with van der Waals surface area (Å²) >= 11 is 12.2. The Morgan fingerprint density at radius 1 is 1.69 bits per heavy atom. The zero-order chi connectivity index (χ0) is 9.84. The van der Waals surface area contributed by atoms with E-state index < -0.39 is 0 Å². The van der Waals surface area contributed by atoms with Crippen LogP contribution in [0.4, 0.5) is 0 Å². The summed E-state index contributed by atoms with van der Waals surface area (Å²) in [5.41, 5.74) is 5.42. The van der Waals surface area contributed by atoms with Crippen molar-refractivity contribution in [2.24, 2.45) is 5.73 Å². The lowest BCUT2D eigenvalue weighted by molar-refractivity contribution is 0.378. The van der Waals surface area contributed by atoms with Gasteiger partial charge in [-0.05, 0) is 19.2 Å². The number of hydrogen-bond acceptors (Lipinski definition) is 3. The molecule has 1 heterocycles. The molecule has 2 nitrogen and oxygen atoms in total. The molecule has 2 N–H and O–H groups in total. The Morgan fingerprint density at radius 2 is 2.38 bits per heavy atom. The highest BCUT2D eigenvalue weighted by Gasteiger charge is 2.03. The minimum absolute atomic E-state index is 0.519. The van der Waals surface area contributed by atoms with Crippen LogP contribution in [-0.2, 0) is 6.54 Å². The fourth-order valence-electron chi connectivity index (χ4n) is 1.02. The number of thiophene rings is 1. The molecule has 1 rings (SSSR count). The van der Waals surface area contributed by atoms with Gasteiger partial charge in [0, 0.05) is 18.0 Å². The van der Waals surface area contributed by atoms with E-state index >= 15 is 0 Å². The van der Waals surface area contributed by atoms with Gasteiger partial charge in [0.2, 0.25) is 0 Å². The molecule has 0 bridgehead atoms. The zero-order valence-electron chi connectivity index (χ0n) is 7.29. The maximum atomic E-state index is 5.80. The maximum absolute atomic E-state index is 5.80. The molecule has 1 aromatic heterocycles. The van der Waals surface area contributed by atoms with Crippen LogP contribution in [0.5, 0.6) is 0 Å². The predicted octanol–water partition coefficient (Wildman–Crippen LogP) is 2.12. The number of hydrogen-bond donors (Lipinski definition) is 1. The topological polar surface area (TPSA) is 29.3 Å². The van der Waals surface area contributed by atoms with Crippen molar-refractivity contribution in [3.8, 4) is 0 Å². The Bertz CT molecular complexity index is 298. The van der Waals surface area contributed by atoms with Gasteiger partial charge in [0.05, 0.1) is 9.32 Å². The Balaban J connectivity index is 2.44. The van der Waals surface area contributed by atoms with Gasteiger partial charge in [0.1, 0.15) is 0 Å². The molecule has 5 heteroatoms. The normalized spacial score (nSPS) is 10.7. The van der Waals surface area contributed by atoms with Crippen LogP contribution in [0.3, 0.4) is 0 Å². The van der Waals surface area contributed by atoms with Gasteiger partial charge in [-0.3, -0.25) is 4.90 Å². The molecule has 0 radical (unpaired) electrons. The van der Waals surface area contributed by atoms with E-state index in [0.29, 0.717) is 11.5 Å². The fourth-order valence-corrected chi connectivity index (χ4v) is 2.41. The lowest BCUT2D eigenvalue weighted by Gasteiger charge is -2.13. The highest BCUT2D eigenvalue weighted by molar-refractivity contribution is 7.80. The van der Waals surface area contributed by atoms with Gasteiger partial charge in [-0.2, -0.15) is 0 Å². The molecule has 1 aromatic rings. The van der Waals surface area contributed by atoms with Crippen molar-refractivity contribution >= 4 is 40.1 Å². The molecule has 0 aliphatic heterocycles. The molecular formula is C8H11ClN2S2.